The summed E-state index contributed by atoms with van der Waals surface area (Å²) in [6.07, 6.45) is 3.42. The minimum absolute atomic E-state index is 0.0228. The number of benzene rings is 1. The van der Waals surface area contributed by atoms with E-state index in [2.05, 4.69) is 10.6 Å². The zero-order chi connectivity index (χ0) is 19.9. The fourth-order valence-corrected chi connectivity index (χ4v) is 3.64. The molecule has 2 saturated heterocycles. The van der Waals surface area contributed by atoms with Crippen molar-refractivity contribution in [3.05, 3.63) is 24.3 Å². The van der Waals surface area contributed by atoms with Crippen molar-refractivity contribution < 1.29 is 19.1 Å². The second kappa shape index (κ2) is 9.54. The molecule has 0 aliphatic carbocycles. The van der Waals surface area contributed by atoms with E-state index in [0.717, 1.165) is 32.2 Å². The maximum Gasteiger partial charge on any atom is 0.327 e. The van der Waals surface area contributed by atoms with E-state index in [1.807, 2.05) is 18.2 Å². The van der Waals surface area contributed by atoms with E-state index in [-0.39, 0.29) is 23.9 Å². The number of hydrogen-bond acceptors (Lipinski definition) is 5. The highest BCUT2D eigenvalue weighted by molar-refractivity contribution is 6.04. The normalized spacial score (nSPS) is 18.5. The monoisotopic (exact) mass is 388 g/mol. The summed E-state index contributed by atoms with van der Waals surface area (Å²) >= 11 is 0. The third-order valence-corrected chi connectivity index (χ3v) is 4.97. The van der Waals surface area contributed by atoms with Crippen LogP contribution < -0.4 is 15.4 Å². The molecule has 0 bridgehead atoms. The topological polar surface area (TPSA) is 91.0 Å². The lowest BCUT2D eigenvalue weighted by Crippen LogP contribution is -2.34. The lowest BCUT2D eigenvalue weighted by molar-refractivity contribution is -0.128. The first-order valence-electron chi connectivity index (χ1n) is 9.89. The van der Waals surface area contributed by atoms with E-state index in [1.165, 1.54) is 11.8 Å². The molecule has 1 atom stereocenters. The van der Waals surface area contributed by atoms with Gasteiger partial charge < -0.3 is 20.3 Å². The van der Waals surface area contributed by atoms with Crippen molar-refractivity contribution in [1.82, 2.24) is 15.1 Å². The summed E-state index contributed by atoms with van der Waals surface area (Å²) in [5.41, 5.74) is 0.712. The molecule has 2 fully saturated rings. The van der Waals surface area contributed by atoms with E-state index in [4.69, 9.17) is 4.74 Å². The molecule has 2 N–H and O–H groups in total. The van der Waals surface area contributed by atoms with Gasteiger partial charge in [0.05, 0.1) is 0 Å². The molecule has 28 heavy (non-hydrogen) atoms. The molecular weight excluding hydrogens is 360 g/mol. The molecular formula is C20H28N4O4. The fourth-order valence-electron chi connectivity index (χ4n) is 3.64. The SMILES string of the molecule is CC(=O)Nc1cccc(OCCNCCCCN2C(=O)C3CCCN3C2=O)c1. The number of fused-ring (bicyclic) bond motifs is 1. The lowest BCUT2D eigenvalue weighted by Gasteiger charge is -2.15. The minimum Gasteiger partial charge on any atom is -0.492 e. The molecule has 0 aromatic heterocycles. The molecule has 4 amide bonds. The van der Waals surface area contributed by atoms with Gasteiger partial charge in [-0.1, -0.05) is 6.07 Å². The van der Waals surface area contributed by atoms with Crippen molar-refractivity contribution in [2.75, 3.05) is 38.1 Å². The van der Waals surface area contributed by atoms with Crippen LogP contribution in [-0.2, 0) is 9.59 Å². The van der Waals surface area contributed by atoms with Gasteiger partial charge in [0.15, 0.2) is 0 Å². The number of unbranched alkanes of at least 4 members (excludes halogenated alkanes) is 1. The van der Waals surface area contributed by atoms with Gasteiger partial charge >= 0.3 is 6.03 Å². The average Bonchev–Trinajstić information content (AvgIpc) is 3.22. The van der Waals surface area contributed by atoms with Gasteiger partial charge in [0.25, 0.3) is 5.91 Å². The largest absolute Gasteiger partial charge is 0.492 e. The van der Waals surface area contributed by atoms with E-state index in [1.54, 1.807) is 11.0 Å². The maximum absolute atomic E-state index is 12.2. The first-order chi connectivity index (χ1) is 13.6. The van der Waals surface area contributed by atoms with Crippen LogP contribution in [0.25, 0.3) is 0 Å². The number of carbonyl (C=O) groups is 3. The van der Waals surface area contributed by atoms with Crippen LogP contribution >= 0.6 is 0 Å². The molecule has 0 saturated carbocycles. The highest BCUT2D eigenvalue weighted by atomic mass is 16.5. The molecule has 8 heteroatoms. The smallest absolute Gasteiger partial charge is 0.327 e. The molecule has 2 heterocycles. The summed E-state index contributed by atoms with van der Waals surface area (Å²) in [6, 6.07) is 6.96. The Morgan fingerprint density at radius 3 is 2.89 bits per heavy atom. The third kappa shape index (κ3) is 5.01. The predicted molar refractivity (Wildman–Crippen MR) is 105 cm³/mol. The maximum atomic E-state index is 12.2. The Kier molecular flexibility index (Phi) is 6.86. The van der Waals surface area contributed by atoms with Gasteiger partial charge in [0, 0.05) is 38.3 Å². The molecule has 3 rings (SSSR count). The molecule has 8 nitrogen and oxygen atoms in total. The van der Waals surface area contributed by atoms with Crippen molar-refractivity contribution in [1.29, 1.82) is 0 Å². The van der Waals surface area contributed by atoms with E-state index >= 15 is 0 Å². The number of ether oxygens (including phenoxy) is 1. The summed E-state index contributed by atoms with van der Waals surface area (Å²) < 4.78 is 5.67. The Morgan fingerprint density at radius 1 is 1.25 bits per heavy atom. The van der Waals surface area contributed by atoms with Gasteiger partial charge in [-0.25, -0.2) is 4.79 Å². The molecule has 1 aromatic carbocycles. The second-order valence-corrected chi connectivity index (χ2v) is 7.14. The number of amides is 4. The zero-order valence-electron chi connectivity index (χ0n) is 16.3. The Balaban J connectivity index is 1.25. The first kappa shape index (κ1) is 20.1. The Labute approximate surface area is 165 Å². The van der Waals surface area contributed by atoms with Gasteiger partial charge in [0.1, 0.15) is 18.4 Å². The Bertz CT molecular complexity index is 702. The Hall–Kier alpha value is -2.61. The zero-order valence-corrected chi connectivity index (χ0v) is 16.3. The highest BCUT2D eigenvalue weighted by Crippen LogP contribution is 2.27. The number of nitrogens with one attached hydrogen (secondary N) is 2. The number of anilines is 1. The van der Waals surface area contributed by atoms with Crippen LogP contribution in [0.3, 0.4) is 0 Å². The van der Waals surface area contributed by atoms with Crippen LogP contribution in [0.15, 0.2) is 24.3 Å². The number of rotatable bonds is 10. The van der Waals surface area contributed by atoms with Crippen LogP contribution in [-0.4, -0.2) is 66.5 Å². The van der Waals surface area contributed by atoms with E-state index in [9.17, 15) is 14.4 Å². The fraction of sp³-hybridized carbons (Fsp3) is 0.550. The van der Waals surface area contributed by atoms with Crippen LogP contribution in [0.4, 0.5) is 10.5 Å². The average molecular weight is 388 g/mol. The molecule has 2 aliphatic heterocycles. The third-order valence-electron chi connectivity index (χ3n) is 4.97. The number of imide groups is 1. The predicted octanol–water partition coefficient (Wildman–Crippen LogP) is 1.82. The second-order valence-electron chi connectivity index (χ2n) is 7.14. The van der Waals surface area contributed by atoms with Gasteiger partial charge in [-0.3, -0.25) is 14.5 Å². The minimum atomic E-state index is -0.202. The molecule has 0 radical (unpaired) electrons. The number of hydrogen-bond donors (Lipinski definition) is 2. The van der Waals surface area contributed by atoms with Crippen LogP contribution in [0.2, 0.25) is 0 Å². The summed E-state index contributed by atoms with van der Waals surface area (Å²) in [5.74, 6) is 0.571. The standard InChI is InChI=1S/C20H28N4O4/c1-15(25)22-16-6-4-7-17(14-16)28-13-10-21-9-2-3-11-24-19(26)18-8-5-12-23(18)20(24)27/h4,6-7,14,18,21H,2-3,5,8-13H2,1H3,(H,22,25). The lowest BCUT2D eigenvalue weighted by atomic mass is 10.2. The van der Waals surface area contributed by atoms with Crippen molar-refractivity contribution in [2.24, 2.45) is 0 Å². The van der Waals surface area contributed by atoms with Crippen molar-refractivity contribution in [2.45, 2.75) is 38.6 Å². The van der Waals surface area contributed by atoms with Gasteiger partial charge in [-0.15, -0.1) is 0 Å². The van der Waals surface area contributed by atoms with Gasteiger partial charge in [0.2, 0.25) is 5.91 Å². The Morgan fingerprint density at radius 2 is 2.11 bits per heavy atom. The van der Waals surface area contributed by atoms with Crippen molar-refractivity contribution in [3.8, 4) is 5.75 Å². The molecule has 152 valence electrons. The summed E-state index contributed by atoms with van der Waals surface area (Å²) in [6.45, 7) is 4.69. The van der Waals surface area contributed by atoms with Crippen LogP contribution in [0.5, 0.6) is 5.75 Å². The summed E-state index contributed by atoms with van der Waals surface area (Å²) in [5, 5.41) is 6.02. The molecule has 0 spiro atoms. The summed E-state index contributed by atoms with van der Waals surface area (Å²) in [7, 11) is 0. The van der Waals surface area contributed by atoms with Gasteiger partial charge in [-0.05, 0) is 44.4 Å². The summed E-state index contributed by atoms with van der Waals surface area (Å²) in [4.78, 5) is 38.6. The van der Waals surface area contributed by atoms with Gasteiger partial charge in [-0.2, -0.15) is 0 Å². The molecule has 1 aromatic rings. The molecule has 2 aliphatic rings. The number of nitrogens with zero attached hydrogens (tertiary/aromatic N) is 2. The highest BCUT2D eigenvalue weighted by Gasteiger charge is 2.46. The quantitative estimate of drug-likeness (QED) is 0.471. The number of urea groups is 1. The first-order valence-corrected chi connectivity index (χ1v) is 9.89. The van der Waals surface area contributed by atoms with Crippen molar-refractivity contribution >= 4 is 23.5 Å². The molecule has 1 unspecified atom stereocenters. The van der Waals surface area contributed by atoms with Crippen LogP contribution in [0.1, 0.15) is 32.6 Å². The van der Waals surface area contributed by atoms with E-state index in [0.29, 0.717) is 37.7 Å². The van der Waals surface area contributed by atoms with Crippen molar-refractivity contribution in [3.63, 3.8) is 0 Å². The van der Waals surface area contributed by atoms with Crippen LogP contribution in [0, 0.1) is 0 Å². The number of carbonyl (C=O) groups excluding carboxylic acids is 3. The van der Waals surface area contributed by atoms with E-state index < -0.39 is 0 Å².